The summed E-state index contributed by atoms with van der Waals surface area (Å²) < 4.78 is 5.40. The van der Waals surface area contributed by atoms with E-state index in [1.807, 2.05) is 4.90 Å². The molecule has 2 fully saturated rings. The van der Waals surface area contributed by atoms with Crippen LogP contribution in [0, 0.1) is 0 Å². The second-order valence-corrected chi connectivity index (χ2v) is 7.91. The van der Waals surface area contributed by atoms with Gasteiger partial charge in [-0.2, -0.15) is 0 Å². The first kappa shape index (κ1) is 22.3. The molecule has 0 aromatic heterocycles. The normalized spacial score (nSPS) is 19.2. The van der Waals surface area contributed by atoms with Crippen LogP contribution < -0.4 is 15.1 Å². The number of carbonyl (C=O) groups excluding carboxylic acids is 1. The molecule has 2 aromatic carbocycles. The van der Waals surface area contributed by atoms with Gasteiger partial charge in [-0.3, -0.25) is 0 Å². The van der Waals surface area contributed by atoms with Crippen molar-refractivity contribution in [3.63, 3.8) is 0 Å². The van der Waals surface area contributed by atoms with Crippen molar-refractivity contribution in [2.45, 2.75) is 24.9 Å². The summed E-state index contributed by atoms with van der Waals surface area (Å²) in [5, 5.41) is 40.5. The number of anilines is 2. The van der Waals surface area contributed by atoms with Gasteiger partial charge in [0.2, 0.25) is 0 Å². The van der Waals surface area contributed by atoms with Crippen molar-refractivity contribution in [3.8, 4) is 5.75 Å². The molecule has 0 aliphatic carbocycles. The molecule has 2 aliphatic rings. The molecule has 2 aliphatic heterocycles. The summed E-state index contributed by atoms with van der Waals surface area (Å²) in [6.07, 6.45) is 1.62. The number of morpholine rings is 1. The van der Waals surface area contributed by atoms with E-state index >= 15 is 0 Å². The van der Waals surface area contributed by atoms with Crippen molar-refractivity contribution in [2.75, 3.05) is 43.1 Å². The number of aliphatic hydroxyl groups is 3. The first-order valence-corrected chi connectivity index (χ1v) is 10.5. The van der Waals surface area contributed by atoms with Gasteiger partial charge >= 0.3 is 12.0 Å². The van der Waals surface area contributed by atoms with Gasteiger partial charge in [0.1, 0.15) is 0 Å². The molecule has 32 heavy (non-hydrogen) atoms. The molecule has 172 valence electrons. The Bertz CT molecular complexity index is 940. The molecular formula is C22H27N3O7. The van der Waals surface area contributed by atoms with Gasteiger partial charge in [0, 0.05) is 25.2 Å². The Morgan fingerprint density at radius 2 is 1.78 bits per heavy atom. The van der Waals surface area contributed by atoms with Crippen molar-refractivity contribution in [3.05, 3.63) is 53.6 Å². The minimum atomic E-state index is -3.02. The topological polar surface area (TPSA) is 135 Å². The lowest BCUT2D eigenvalue weighted by molar-refractivity contribution is -0.323. The maximum atomic E-state index is 13.2. The molecule has 2 saturated heterocycles. The number of urea groups is 1. The lowest BCUT2D eigenvalue weighted by atomic mass is 10.0. The van der Waals surface area contributed by atoms with Gasteiger partial charge in [0.25, 0.3) is 0 Å². The van der Waals surface area contributed by atoms with E-state index in [1.54, 1.807) is 35.2 Å². The summed E-state index contributed by atoms with van der Waals surface area (Å²) in [6, 6.07) is 10.8. The van der Waals surface area contributed by atoms with Gasteiger partial charge in [0.05, 0.1) is 30.6 Å². The number of ether oxygens (including phenoxy) is 1. The summed E-state index contributed by atoms with van der Waals surface area (Å²) in [5.74, 6) is -2.70. The lowest BCUT2D eigenvalue weighted by Crippen LogP contribution is -2.38. The van der Waals surface area contributed by atoms with Gasteiger partial charge in [-0.15, -0.1) is 0 Å². The summed E-state index contributed by atoms with van der Waals surface area (Å²) in [4.78, 5) is 21.2. The standard InChI is InChI=1S/C22H27N3O7/c26-21(25-9-1-2-19(25)15-3-6-17(32-30)7-4-15)23-18-14-16(22(27,28)29)5-8-20(18)24-10-12-31-13-11-24/h3-8,14,19,27-30H,1-2,9-13H2,(H,23,26). The van der Waals surface area contributed by atoms with E-state index in [0.717, 1.165) is 18.4 Å². The predicted molar refractivity (Wildman–Crippen MR) is 115 cm³/mol. The zero-order chi connectivity index (χ0) is 22.7. The molecule has 1 atom stereocenters. The second-order valence-electron chi connectivity index (χ2n) is 7.91. The molecule has 4 rings (SSSR count). The number of nitrogens with one attached hydrogen (secondary N) is 1. The number of benzene rings is 2. The summed E-state index contributed by atoms with van der Waals surface area (Å²) in [7, 11) is 0. The van der Waals surface area contributed by atoms with Crippen LogP contribution in [0.1, 0.15) is 30.0 Å². The van der Waals surface area contributed by atoms with Gasteiger partial charge in [0.15, 0.2) is 5.75 Å². The first-order chi connectivity index (χ1) is 15.4. The van der Waals surface area contributed by atoms with Crippen molar-refractivity contribution < 1.29 is 35.0 Å². The average Bonchev–Trinajstić information content (AvgIpc) is 3.29. The van der Waals surface area contributed by atoms with E-state index in [9.17, 15) is 20.1 Å². The molecule has 0 saturated carbocycles. The van der Waals surface area contributed by atoms with Gasteiger partial charge in [-0.25, -0.2) is 10.1 Å². The molecule has 10 heteroatoms. The fourth-order valence-electron chi connectivity index (χ4n) is 4.22. The largest absolute Gasteiger partial charge is 0.378 e. The molecular weight excluding hydrogens is 418 g/mol. The number of rotatable bonds is 5. The van der Waals surface area contributed by atoms with E-state index in [-0.39, 0.29) is 17.6 Å². The van der Waals surface area contributed by atoms with E-state index in [1.165, 1.54) is 12.1 Å². The summed E-state index contributed by atoms with van der Waals surface area (Å²) in [5.41, 5.74) is 1.84. The first-order valence-electron chi connectivity index (χ1n) is 10.5. The number of hydrogen-bond donors (Lipinski definition) is 5. The number of hydrogen-bond acceptors (Lipinski definition) is 8. The highest BCUT2D eigenvalue weighted by Crippen LogP contribution is 2.35. The van der Waals surface area contributed by atoms with Crippen LogP contribution in [0.2, 0.25) is 0 Å². The number of amides is 2. The van der Waals surface area contributed by atoms with Crippen LogP contribution in [-0.4, -0.2) is 64.4 Å². The number of likely N-dealkylation sites (tertiary alicyclic amines) is 1. The van der Waals surface area contributed by atoms with Crippen molar-refractivity contribution in [1.29, 1.82) is 0 Å². The predicted octanol–water partition coefficient (Wildman–Crippen LogP) is 1.83. The molecule has 2 amide bonds. The molecule has 1 unspecified atom stereocenters. The Labute approximate surface area is 185 Å². The maximum Gasteiger partial charge on any atom is 0.322 e. The summed E-state index contributed by atoms with van der Waals surface area (Å²) in [6.45, 7) is 2.89. The van der Waals surface area contributed by atoms with Crippen molar-refractivity contribution in [2.24, 2.45) is 0 Å². The van der Waals surface area contributed by atoms with E-state index in [2.05, 4.69) is 10.2 Å². The monoisotopic (exact) mass is 445 g/mol. The smallest absolute Gasteiger partial charge is 0.322 e. The van der Waals surface area contributed by atoms with Gasteiger partial charge < -0.3 is 40.1 Å². The minimum Gasteiger partial charge on any atom is -0.378 e. The van der Waals surface area contributed by atoms with Crippen LogP contribution in [0.4, 0.5) is 16.2 Å². The van der Waals surface area contributed by atoms with E-state index in [0.29, 0.717) is 50.0 Å². The van der Waals surface area contributed by atoms with Crippen LogP contribution in [0.5, 0.6) is 5.75 Å². The molecule has 2 aromatic rings. The third-order valence-electron chi connectivity index (χ3n) is 5.86. The van der Waals surface area contributed by atoms with E-state index < -0.39 is 5.97 Å². The van der Waals surface area contributed by atoms with Gasteiger partial charge in [-0.05, 0) is 48.7 Å². The second kappa shape index (κ2) is 9.31. The fraction of sp³-hybridized carbons (Fsp3) is 0.409. The average molecular weight is 445 g/mol. The number of carbonyl (C=O) groups is 1. The van der Waals surface area contributed by atoms with Crippen LogP contribution in [0.15, 0.2) is 42.5 Å². The molecule has 5 N–H and O–H groups in total. The van der Waals surface area contributed by atoms with Crippen molar-refractivity contribution in [1.82, 2.24) is 4.90 Å². The van der Waals surface area contributed by atoms with Gasteiger partial charge in [-0.1, -0.05) is 12.1 Å². The molecule has 0 bridgehead atoms. The SMILES string of the molecule is O=C(Nc1cc(C(O)(O)O)ccc1N1CCOCC1)N1CCCC1c1ccc(OO)cc1. The Morgan fingerprint density at radius 3 is 2.44 bits per heavy atom. The quantitative estimate of drug-likeness (QED) is 0.267. The third-order valence-corrected chi connectivity index (χ3v) is 5.86. The van der Waals surface area contributed by atoms with E-state index in [4.69, 9.17) is 9.99 Å². The molecule has 0 radical (unpaired) electrons. The van der Waals surface area contributed by atoms with Crippen LogP contribution in [-0.2, 0) is 10.7 Å². The minimum absolute atomic E-state index is 0.148. The Kier molecular flexibility index (Phi) is 6.49. The Hall–Kier alpha value is -2.89. The van der Waals surface area contributed by atoms with Crippen LogP contribution >= 0.6 is 0 Å². The highest BCUT2D eigenvalue weighted by molar-refractivity contribution is 5.94. The maximum absolute atomic E-state index is 13.2. The zero-order valence-corrected chi connectivity index (χ0v) is 17.5. The lowest BCUT2D eigenvalue weighted by Gasteiger charge is -2.32. The Balaban J connectivity index is 1.59. The molecule has 10 nitrogen and oxygen atoms in total. The van der Waals surface area contributed by atoms with Crippen molar-refractivity contribution >= 4 is 17.4 Å². The number of nitrogens with zero attached hydrogens (tertiary/aromatic N) is 2. The highest BCUT2D eigenvalue weighted by Gasteiger charge is 2.31. The zero-order valence-electron chi connectivity index (χ0n) is 17.5. The fourth-order valence-corrected chi connectivity index (χ4v) is 4.22. The molecule has 2 heterocycles. The van der Waals surface area contributed by atoms with Crippen LogP contribution in [0.25, 0.3) is 0 Å². The Morgan fingerprint density at radius 1 is 1.06 bits per heavy atom. The molecule has 0 spiro atoms. The van der Waals surface area contributed by atoms with Crippen LogP contribution in [0.3, 0.4) is 0 Å². The summed E-state index contributed by atoms with van der Waals surface area (Å²) >= 11 is 0. The highest BCUT2D eigenvalue weighted by atomic mass is 17.1. The third kappa shape index (κ3) is 4.79.